The van der Waals surface area contributed by atoms with E-state index in [9.17, 15) is 16.8 Å². The van der Waals surface area contributed by atoms with Crippen LogP contribution in [0.1, 0.15) is 22.3 Å². The van der Waals surface area contributed by atoms with E-state index in [1.54, 1.807) is 84.9 Å². The number of fused-ring (bicyclic) bond motifs is 3. The fourth-order valence-electron chi connectivity index (χ4n) is 6.23. The van der Waals surface area contributed by atoms with Crippen molar-refractivity contribution in [3.05, 3.63) is 180 Å². The van der Waals surface area contributed by atoms with Gasteiger partial charge in [0.05, 0.1) is 15.2 Å². The zero-order valence-corrected chi connectivity index (χ0v) is 25.6. The van der Waals surface area contributed by atoms with Crippen LogP contribution in [0, 0.1) is 0 Å². The molecule has 0 unspecified atom stereocenters. The monoisotopic (exact) mass is 628 g/mol. The number of benzene rings is 6. The molecule has 6 aromatic carbocycles. The number of hydrogen-bond acceptors (Lipinski definition) is 4. The van der Waals surface area contributed by atoms with Crippen LogP contribution < -0.4 is 9.44 Å². The topological polar surface area (TPSA) is 92.3 Å². The summed E-state index contributed by atoms with van der Waals surface area (Å²) in [5, 5.41) is 0. The second-order valence-electron chi connectivity index (χ2n) is 10.8. The molecule has 222 valence electrons. The van der Waals surface area contributed by atoms with Gasteiger partial charge in [0, 0.05) is 11.4 Å². The Balaban J connectivity index is 1.33. The molecule has 0 bridgehead atoms. The smallest absolute Gasteiger partial charge is 0.261 e. The third-order valence-electron chi connectivity index (χ3n) is 8.20. The molecule has 0 radical (unpaired) electrons. The Morgan fingerprint density at radius 1 is 0.378 bits per heavy atom. The van der Waals surface area contributed by atoms with Gasteiger partial charge in [-0.05, 0) is 81.9 Å². The molecule has 0 atom stereocenters. The minimum Gasteiger partial charge on any atom is -0.280 e. The van der Waals surface area contributed by atoms with Gasteiger partial charge in [-0.2, -0.15) is 0 Å². The molecule has 0 aliphatic heterocycles. The van der Waals surface area contributed by atoms with Crippen molar-refractivity contribution in [3.63, 3.8) is 0 Å². The molecule has 0 spiro atoms. The summed E-state index contributed by atoms with van der Waals surface area (Å²) in [6.07, 6.45) is 0. The molecule has 0 heterocycles. The standard InChI is InChI=1S/C37H28N2O4S2/c40-44(41,31-11-3-1-4-12-31)38-29-23-19-27(20-24-29)37(35-17-9-7-15-33(35)34-16-8-10-18-36(34)37)28-21-25-30(26-22-28)39-45(42,43)32-13-5-2-6-14-32/h1-26,38-39H. The first-order chi connectivity index (χ1) is 21.8. The van der Waals surface area contributed by atoms with Gasteiger partial charge in [-0.15, -0.1) is 0 Å². The third kappa shape index (κ3) is 4.98. The molecule has 8 heteroatoms. The van der Waals surface area contributed by atoms with Crippen LogP contribution in [0.2, 0.25) is 0 Å². The minimum atomic E-state index is -3.76. The molecule has 7 rings (SSSR count). The Morgan fingerprint density at radius 2 is 0.711 bits per heavy atom. The van der Waals surface area contributed by atoms with Crippen molar-refractivity contribution in [3.8, 4) is 11.1 Å². The predicted octanol–water partition coefficient (Wildman–Crippen LogP) is 7.65. The lowest BCUT2D eigenvalue weighted by Gasteiger charge is -2.34. The maximum Gasteiger partial charge on any atom is 0.261 e. The first-order valence-corrected chi connectivity index (χ1v) is 17.3. The fourth-order valence-corrected chi connectivity index (χ4v) is 8.39. The first-order valence-electron chi connectivity index (χ1n) is 14.4. The molecule has 1 aliphatic rings. The van der Waals surface area contributed by atoms with Gasteiger partial charge in [-0.3, -0.25) is 9.44 Å². The van der Waals surface area contributed by atoms with Crippen molar-refractivity contribution in [2.75, 3.05) is 9.44 Å². The summed E-state index contributed by atoms with van der Waals surface area (Å²) in [6, 6.07) is 48.0. The number of sulfonamides is 2. The Kier molecular flexibility index (Phi) is 7.03. The van der Waals surface area contributed by atoms with E-state index in [2.05, 4.69) is 33.7 Å². The Bertz CT molecular complexity index is 2060. The van der Waals surface area contributed by atoms with E-state index in [0.717, 1.165) is 33.4 Å². The molecule has 1 aliphatic carbocycles. The molecule has 2 N–H and O–H groups in total. The highest BCUT2D eigenvalue weighted by Crippen LogP contribution is 2.56. The van der Waals surface area contributed by atoms with Crippen LogP contribution in [0.3, 0.4) is 0 Å². The van der Waals surface area contributed by atoms with Gasteiger partial charge >= 0.3 is 0 Å². The minimum absolute atomic E-state index is 0.187. The molecular formula is C37H28N2O4S2. The summed E-state index contributed by atoms with van der Waals surface area (Å²) in [5.74, 6) is 0. The normalized spacial score (nSPS) is 13.4. The molecule has 6 aromatic rings. The Labute approximate surface area is 263 Å². The van der Waals surface area contributed by atoms with Gasteiger partial charge in [-0.25, -0.2) is 16.8 Å². The van der Waals surface area contributed by atoms with E-state index in [4.69, 9.17) is 0 Å². The zero-order valence-electron chi connectivity index (χ0n) is 24.0. The summed E-state index contributed by atoms with van der Waals surface area (Å²) in [4.78, 5) is 0.374. The maximum absolute atomic E-state index is 13.0. The third-order valence-corrected chi connectivity index (χ3v) is 11.0. The number of nitrogens with one attached hydrogen (secondary N) is 2. The molecule has 0 fully saturated rings. The van der Waals surface area contributed by atoms with Gasteiger partial charge in [-0.1, -0.05) is 109 Å². The largest absolute Gasteiger partial charge is 0.280 e. The van der Waals surface area contributed by atoms with Crippen LogP contribution in [-0.2, 0) is 25.5 Å². The predicted molar refractivity (Wildman–Crippen MR) is 178 cm³/mol. The van der Waals surface area contributed by atoms with Crippen molar-refractivity contribution < 1.29 is 16.8 Å². The van der Waals surface area contributed by atoms with Gasteiger partial charge in [0.2, 0.25) is 0 Å². The number of rotatable bonds is 8. The zero-order chi connectivity index (χ0) is 31.1. The average Bonchev–Trinajstić information content (AvgIpc) is 3.37. The molecule has 6 nitrogen and oxygen atoms in total. The van der Waals surface area contributed by atoms with E-state index in [1.165, 1.54) is 0 Å². The summed E-state index contributed by atoms with van der Waals surface area (Å²) < 4.78 is 57.5. The number of anilines is 2. The van der Waals surface area contributed by atoms with Crippen LogP contribution in [0.15, 0.2) is 168 Å². The second kappa shape index (κ2) is 11.1. The van der Waals surface area contributed by atoms with Crippen molar-refractivity contribution in [1.29, 1.82) is 0 Å². The second-order valence-corrected chi connectivity index (χ2v) is 14.2. The molecular weight excluding hydrogens is 601 g/mol. The molecule has 0 saturated carbocycles. The van der Waals surface area contributed by atoms with Gasteiger partial charge < -0.3 is 0 Å². The van der Waals surface area contributed by atoms with Crippen molar-refractivity contribution >= 4 is 31.4 Å². The quantitative estimate of drug-likeness (QED) is 0.181. The fraction of sp³-hybridized carbons (Fsp3) is 0.0270. The lowest BCUT2D eigenvalue weighted by Crippen LogP contribution is -2.28. The average molecular weight is 629 g/mol. The van der Waals surface area contributed by atoms with E-state index in [0.29, 0.717) is 11.4 Å². The highest BCUT2D eigenvalue weighted by molar-refractivity contribution is 7.93. The van der Waals surface area contributed by atoms with E-state index >= 15 is 0 Å². The highest BCUT2D eigenvalue weighted by Gasteiger charge is 2.45. The van der Waals surface area contributed by atoms with Gasteiger partial charge in [0.25, 0.3) is 20.0 Å². The summed E-state index contributed by atoms with van der Waals surface area (Å²) >= 11 is 0. The SMILES string of the molecule is O=S(=O)(Nc1ccc(C2(c3ccc(NS(=O)(=O)c4ccccc4)cc3)c3ccccc3-c3ccccc32)cc1)c1ccccc1. The molecule has 0 aromatic heterocycles. The van der Waals surface area contributed by atoms with Crippen molar-refractivity contribution in [1.82, 2.24) is 0 Å². The van der Waals surface area contributed by atoms with E-state index in [1.807, 2.05) is 48.5 Å². The lowest BCUT2D eigenvalue weighted by atomic mass is 9.67. The summed E-state index contributed by atoms with van der Waals surface area (Å²) in [5.41, 5.74) is 6.43. The van der Waals surface area contributed by atoms with E-state index in [-0.39, 0.29) is 9.79 Å². The van der Waals surface area contributed by atoms with Crippen molar-refractivity contribution in [2.24, 2.45) is 0 Å². The van der Waals surface area contributed by atoms with Gasteiger partial charge in [0.15, 0.2) is 0 Å². The Hall–Kier alpha value is -5.18. The number of hydrogen-bond donors (Lipinski definition) is 2. The molecule has 0 saturated heterocycles. The maximum atomic E-state index is 13.0. The van der Waals surface area contributed by atoms with E-state index < -0.39 is 25.5 Å². The molecule has 0 amide bonds. The van der Waals surface area contributed by atoms with Gasteiger partial charge in [0.1, 0.15) is 0 Å². The lowest BCUT2D eigenvalue weighted by molar-refractivity contribution is 0.599. The van der Waals surface area contributed by atoms with Crippen LogP contribution in [0.5, 0.6) is 0 Å². The van der Waals surface area contributed by atoms with Crippen LogP contribution in [-0.4, -0.2) is 16.8 Å². The summed E-state index contributed by atoms with van der Waals surface area (Å²) in [6.45, 7) is 0. The highest BCUT2D eigenvalue weighted by atomic mass is 32.2. The Morgan fingerprint density at radius 3 is 1.09 bits per heavy atom. The molecule has 45 heavy (non-hydrogen) atoms. The summed E-state index contributed by atoms with van der Waals surface area (Å²) in [7, 11) is -7.51. The van der Waals surface area contributed by atoms with Crippen LogP contribution >= 0.6 is 0 Å². The van der Waals surface area contributed by atoms with Crippen LogP contribution in [0.25, 0.3) is 11.1 Å². The van der Waals surface area contributed by atoms with Crippen molar-refractivity contribution in [2.45, 2.75) is 15.2 Å². The first kappa shape index (κ1) is 28.6. The van der Waals surface area contributed by atoms with Crippen LogP contribution in [0.4, 0.5) is 11.4 Å².